The van der Waals surface area contributed by atoms with Crippen LogP contribution in [0.4, 0.5) is 0 Å². The Hall–Kier alpha value is -4.92. The fourth-order valence-electron chi connectivity index (χ4n) is 8.46. The smallest absolute Gasteiger partial charge is 0.261 e. The molecule has 286 valence electrons. The maximum absolute atomic E-state index is 13.7. The Bertz CT molecular complexity index is 2260. The van der Waals surface area contributed by atoms with E-state index in [2.05, 4.69) is 38.1 Å². The first-order valence-electron chi connectivity index (χ1n) is 20.5. The molecule has 2 aliphatic heterocycles. The lowest BCUT2D eigenvalue weighted by Crippen LogP contribution is -2.40. The molecule has 6 nitrogen and oxygen atoms in total. The molecule has 4 heterocycles. The van der Waals surface area contributed by atoms with E-state index < -0.39 is 0 Å². The van der Waals surface area contributed by atoms with Gasteiger partial charge in [0, 0.05) is 65.6 Å². The molecular formula is C48H48N2O4S2. The molecule has 2 aliphatic rings. The van der Waals surface area contributed by atoms with Crippen LogP contribution in [0, 0.1) is 0 Å². The van der Waals surface area contributed by atoms with Crippen molar-refractivity contribution in [2.24, 2.45) is 0 Å². The minimum Gasteiger partial charge on any atom is -0.274 e. The molecule has 6 aromatic rings. The number of rotatable bonds is 17. The molecule has 8 rings (SSSR count). The molecule has 8 heteroatoms. The zero-order valence-corrected chi connectivity index (χ0v) is 34.0. The Morgan fingerprint density at radius 1 is 0.375 bits per heavy atom. The standard InChI is InChI=1S/C48H48N2O4S2/c1-3-5-7-9-11-13-29-49-45(51)35-19-15-17-33-31(21-23-37(43(33)35)47(49)53)39-25-27-41(55-39)42-28-26-40(56-42)32-22-24-38-44-34(32)18-16-20-36(44)46(52)50(48(38)54)30-14-12-10-8-6-4-2/h15-28H,3-14,29-30H2,1-2H3. The van der Waals surface area contributed by atoms with Gasteiger partial charge in [0.15, 0.2) is 0 Å². The quantitative estimate of drug-likeness (QED) is 0.0682. The van der Waals surface area contributed by atoms with E-state index in [-0.39, 0.29) is 23.6 Å². The maximum atomic E-state index is 13.7. The lowest BCUT2D eigenvalue weighted by molar-refractivity contribution is 0.0592. The normalized spacial score (nSPS) is 13.9. The van der Waals surface area contributed by atoms with Crippen molar-refractivity contribution >= 4 is 67.8 Å². The molecule has 4 aromatic carbocycles. The summed E-state index contributed by atoms with van der Waals surface area (Å²) in [4.78, 5) is 61.9. The third kappa shape index (κ3) is 7.03. The molecule has 0 unspecified atom stereocenters. The predicted molar refractivity (Wildman–Crippen MR) is 231 cm³/mol. The molecule has 0 N–H and O–H groups in total. The first-order valence-corrected chi connectivity index (χ1v) is 22.1. The van der Waals surface area contributed by atoms with Gasteiger partial charge in [-0.3, -0.25) is 29.0 Å². The van der Waals surface area contributed by atoms with Crippen LogP contribution in [0.25, 0.3) is 52.2 Å². The van der Waals surface area contributed by atoms with Crippen LogP contribution in [0.2, 0.25) is 0 Å². The number of unbranched alkanes of at least 4 members (excludes halogenated alkanes) is 10. The van der Waals surface area contributed by atoms with Crippen molar-refractivity contribution in [3.63, 3.8) is 0 Å². The Morgan fingerprint density at radius 3 is 1.12 bits per heavy atom. The summed E-state index contributed by atoms with van der Waals surface area (Å²) in [6.45, 7) is 5.30. The molecule has 0 fully saturated rings. The van der Waals surface area contributed by atoms with Crippen molar-refractivity contribution in [1.82, 2.24) is 9.80 Å². The average molecular weight is 781 g/mol. The van der Waals surface area contributed by atoms with Crippen LogP contribution in [0.5, 0.6) is 0 Å². The number of hydrogen-bond donors (Lipinski definition) is 0. The van der Waals surface area contributed by atoms with Crippen LogP contribution in [0.15, 0.2) is 84.9 Å². The van der Waals surface area contributed by atoms with Gasteiger partial charge in [0.25, 0.3) is 23.6 Å². The van der Waals surface area contributed by atoms with Crippen LogP contribution in [0.1, 0.15) is 132 Å². The molecule has 0 spiro atoms. The maximum Gasteiger partial charge on any atom is 0.261 e. The summed E-state index contributed by atoms with van der Waals surface area (Å²) in [7, 11) is 0. The van der Waals surface area contributed by atoms with Gasteiger partial charge < -0.3 is 0 Å². The van der Waals surface area contributed by atoms with Crippen molar-refractivity contribution in [3.05, 3.63) is 107 Å². The first kappa shape index (κ1) is 38.0. The summed E-state index contributed by atoms with van der Waals surface area (Å²) in [5.74, 6) is -0.797. The van der Waals surface area contributed by atoms with E-state index in [1.165, 1.54) is 48.3 Å². The topological polar surface area (TPSA) is 74.8 Å². The molecule has 0 saturated heterocycles. The largest absolute Gasteiger partial charge is 0.274 e. The van der Waals surface area contributed by atoms with Gasteiger partial charge in [-0.05, 0) is 83.3 Å². The van der Waals surface area contributed by atoms with E-state index in [0.717, 1.165) is 90.7 Å². The molecule has 0 saturated carbocycles. The number of imide groups is 2. The van der Waals surface area contributed by atoms with E-state index >= 15 is 0 Å². The fraction of sp³-hybridized carbons (Fsp3) is 0.333. The number of nitrogens with zero attached hydrogens (tertiary/aromatic N) is 2. The summed E-state index contributed by atoms with van der Waals surface area (Å²) >= 11 is 3.38. The van der Waals surface area contributed by atoms with Gasteiger partial charge in [-0.2, -0.15) is 0 Å². The van der Waals surface area contributed by atoms with Gasteiger partial charge in [0.1, 0.15) is 0 Å². The molecular weight excluding hydrogens is 733 g/mol. The Labute approximate surface area is 337 Å². The summed E-state index contributed by atoms with van der Waals surface area (Å²) in [6.07, 6.45) is 13.1. The zero-order valence-electron chi connectivity index (χ0n) is 32.3. The van der Waals surface area contributed by atoms with Crippen molar-refractivity contribution in [1.29, 1.82) is 0 Å². The van der Waals surface area contributed by atoms with Crippen molar-refractivity contribution in [3.8, 4) is 30.6 Å². The zero-order chi connectivity index (χ0) is 38.8. The van der Waals surface area contributed by atoms with Crippen LogP contribution in [-0.4, -0.2) is 46.5 Å². The third-order valence-electron chi connectivity index (χ3n) is 11.4. The van der Waals surface area contributed by atoms with E-state index in [1.54, 1.807) is 22.7 Å². The van der Waals surface area contributed by atoms with Crippen LogP contribution < -0.4 is 0 Å². The minimum atomic E-state index is -0.199. The number of hydrogen-bond acceptors (Lipinski definition) is 6. The third-order valence-corrected chi connectivity index (χ3v) is 13.9. The Kier molecular flexibility index (Phi) is 11.3. The number of thiophene rings is 2. The van der Waals surface area contributed by atoms with Gasteiger partial charge in [-0.25, -0.2) is 0 Å². The van der Waals surface area contributed by atoms with E-state index in [9.17, 15) is 19.2 Å². The lowest BCUT2D eigenvalue weighted by Gasteiger charge is -2.27. The SMILES string of the molecule is CCCCCCCCN1C(=O)c2cccc3c(-c4ccc(-c5ccc(-c6ccc7c8c(cccc68)C(=O)N(CCCCCCCC)C7=O)s5)s4)ccc(c23)C1=O. The summed E-state index contributed by atoms with van der Waals surface area (Å²) in [6, 6.07) is 28.0. The number of amides is 4. The highest BCUT2D eigenvalue weighted by Crippen LogP contribution is 2.45. The first-order chi connectivity index (χ1) is 27.4. The molecule has 0 aliphatic carbocycles. The highest BCUT2D eigenvalue weighted by molar-refractivity contribution is 7.25. The van der Waals surface area contributed by atoms with E-state index in [1.807, 2.05) is 60.7 Å². The van der Waals surface area contributed by atoms with E-state index in [4.69, 9.17) is 0 Å². The number of carbonyl (C=O) groups is 4. The molecule has 2 aromatic heterocycles. The highest BCUT2D eigenvalue weighted by atomic mass is 32.1. The molecule has 0 bridgehead atoms. The minimum absolute atomic E-state index is 0.199. The molecule has 0 radical (unpaired) electrons. The number of benzene rings is 4. The molecule has 56 heavy (non-hydrogen) atoms. The molecule has 0 atom stereocenters. The Balaban J connectivity index is 1.03. The summed E-state index contributed by atoms with van der Waals surface area (Å²) < 4.78 is 0. The van der Waals surface area contributed by atoms with E-state index in [0.29, 0.717) is 35.3 Å². The van der Waals surface area contributed by atoms with Gasteiger partial charge in [0.05, 0.1) is 0 Å². The van der Waals surface area contributed by atoms with Crippen molar-refractivity contribution < 1.29 is 19.2 Å². The monoisotopic (exact) mass is 780 g/mol. The van der Waals surface area contributed by atoms with Gasteiger partial charge in [0.2, 0.25) is 0 Å². The van der Waals surface area contributed by atoms with Crippen molar-refractivity contribution in [2.45, 2.75) is 90.9 Å². The second-order valence-electron chi connectivity index (χ2n) is 15.2. The fourth-order valence-corrected chi connectivity index (χ4v) is 10.6. The predicted octanol–water partition coefficient (Wildman–Crippen LogP) is 13.0. The molecule has 4 amide bonds. The number of carbonyl (C=O) groups excluding carboxylic acids is 4. The van der Waals surface area contributed by atoms with Crippen LogP contribution >= 0.6 is 22.7 Å². The van der Waals surface area contributed by atoms with Gasteiger partial charge in [-0.15, -0.1) is 22.7 Å². The summed E-state index contributed by atoms with van der Waals surface area (Å²) in [5.41, 5.74) is 4.40. The summed E-state index contributed by atoms with van der Waals surface area (Å²) in [5, 5.41) is 3.33. The highest BCUT2D eigenvalue weighted by Gasteiger charge is 2.34. The van der Waals surface area contributed by atoms with Crippen LogP contribution in [0.3, 0.4) is 0 Å². The average Bonchev–Trinajstić information content (AvgIpc) is 3.91. The second kappa shape index (κ2) is 16.7. The lowest BCUT2D eigenvalue weighted by atomic mass is 9.90. The van der Waals surface area contributed by atoms with Crippen LogP contribution in [-0.2, 0) is 0 Å². The Morgan fingerprint density at radius 2 is 0.714 bits per heavy atom. The van der Waals surface area contributed by atoms with Gasteiger partial charge >= 0.3 is 0 Å². The second-order valence-corrected chi connectivity index (χ2v) is 17.3. The van der Waals surface area contributed by atoms with Gasteiger partial charge in [-0.1, -0.05) is 114 Å². The van der Waals surface area contributed by atoms with Crippen molar-refractivity contribution in [2.75, 3.05) is 13.1 Å².